The number of piperidine rings is 1. The van der Waals surface area contributed by atoms with Gasteiger partial charge in [0.1, 0.15) is 0 Å². The van der Waals surface area contributed by atoms with E-state index in [9.17, 15) is 0 Å². The van der Waals surface area contributed by atoms with Gasteiger partial charge < -0.3 is 10.6 Å². The first-order valence-corrected chi connectivity index (χ1v) is 9.32. The first kappa shape index (κ1) is 17.3. The van der Waals surface area contributed by atoms with E-state index in [1.807, 2.05) is 0 Å². The second kappa shape index (κ2) is 6.58. The van der Waals surface area contributed by atoms with Crippen LogP contribution >= 0.6 is 0 Å². The molecule has 3 unspecified atom stereocenters. The molecule has 3 atom stereocenters. The highest BCUT2D eigenvalue weighted by atomic mass is 15.1. The summed E-state index contributed by atoms with van der Waals surface area (Å²) in [5.41, 5.74) is 7.34. The van der Waals surface area contributed by atoms with Gasteiger partial charge in [-0.25, -0.2) is 0 Å². The molecular formula is C19H38N2. The zero-order valence-corrected chi connectivity index (χ0v) is 15.1. The number of hydrogen-bond donors (Lipinski definition) is 1. The molecule has 124 valence electrons. The summed E-state index contributed by atoms with van der Waals surface area (Å²) in [6, 6.07) is 0.408. The fourth-order valence-electron chi connectivity index (χ4n) is 4.74. The average Bonchev–Trinajstić information content (AvgIpc) is 2.49. The Morgan fingerprint density at radius 2 is 1.62 bits per heavy atom. The minimum absolute atomic E-state index is 0.391. The minimum atomic E-state index is 0.391. The lowest BCUT2D eigenvalue weighted by molar-refractivity contribution is 0.00925. The summed E-state index contributed by atoms with van der Waals surface area (Å²) >= 11 is 0. The van der Waals surface area contributed by atoms with Crippen molar-refractivity contribution >= 4 is 0 Å². The Bertz CT molecular complexity index is 322. The molecule has 1 aliphatic carbocycles. The summed E-state index contributed by atoms with van der Waals surface area (Å²) in [5.74, 6) is 1.47. The van der Waals surface area contributed by atoms with Gasteiger partial charge >= 0.3 is 0 Å². The molecule has 1 aliphatic heterocycles. The van der Waals surface area contributed by atoms with E-state index in [1.165, 1.54) is 58.2 Å². The topological polar surface area (TPSA) is 29.3 Å². The first-order chi connectivity index (χ1) is 9.84. The fourth-order valence-corrected chi connectivity index (χ4v) is 4.74. The van der Waals surface area contributed by atoms with Gasteiger partial charge in [0.05, 0.1) is 0 Å². The van der Waals surface area contributed by atoms with Crippen LogP contribution in [-0.2, 0) is 0 Å². The standard InChI is InChI=1S/C19H38N2/c1-6-19(7-2)10-12-21(13-11-19)14-16-8-9-17(20)15(3)18(16,4)5/h15-17H,6-14,20H2,1-5H3. The van der Waals surface area contributed by atoms with E-state index in [-0.39, 0.29) is 0 Å². The lowest BCUT2D eigenvalue weighted by atomic mass is 9.61. The number of likely N-dealkylation sites (tertiary alicyclic amines) is 1. The molecule has 2 fully saturated rings. The molecule has 1 saturated carbocycles. The van der Waals surface area contributed by atoms with Gasteiger partial charge in [-0.05, 0) is 61.4 Å². The maximum Gasteiger partial charge on any atom is 0.00698 e. The van der Waals surface area contributed by atoms with Crippen molar-refractivity contribution in [2.75, 3.05) is 19.6 Å². The molecule has 0 radical (unpaired) electrons. The summed E-state index contributed by atoms with van der Waals surface area (Å²) in [5, 5.41) is 0. The molecule has 0 aromatic rings. The van der Waals surface area contributed by atoms with Crippen molar-refractivity contribution in [1.29, 1.82) is 0 Å². The van der Waals surface area contributed by atoms with E-state index in [0.29, 0.717) is 22.8 Å². The monoisotopic (exact) mass is 294 g/mol. The quantitative estimate of drug-likeness (QED) is 0.838. The van der Waals surface area contributed by atoms with Gasteiger partial charge in [-0.3, -0.25) is 0 Å². The highest BCUT2D eigenvalue weighted by Gasteiger charge is 2.42. The van der Waals surface area contributed by atoms with Gasteiger partial charge in [-0.1, -0.05) is 47.5 Å². The Kier molecular flexibility index (Phi) is 5.41. The van der Waals surface area contributed by atoms with E-state index in [4.69, 9.17) is 5.73 Å². The lowest BCUT2D eigenvalue weighted by Gasteiger charge is -2.50. The third kappa shape index (κ3) is 3.47. The molecular weight excluding hydrogens is 256 g/mol. The third-order valence-corrected chi connectivity index (χ3v) is 7.61. The van der Waals surface area contributed by atoms with Gasteiger partial charge in [-0.2, -0.15) is 0 Å². The lowest BCUT2D eigenvalue weighted by Crippen LogP contribution is -2.51. The van der Waals surface area contributed by atoms with E-state index in [0.717, 1.165) is 5.92 Å². The molecule has 2 heteroatoms. The van der Waals surface area contributed by atoms with Crippen LogP contribution < -0.4 is 5.73 Å². The second-order valence-corrected chi connectivity index (χ2v) is 8.56. The van der Waals surface area contributed by atoms with Crippen LogP contribution in [0.4, 0.5) is 0 Å². The average molecular weight is 295 g/mol. The number of nitrogens with zero attached hydrogens (tertiary/aromatic N) is 1. The van der Waals surface area contributed by atoms with Crippen molar-refractivity contribution < 1.29 is 0 Å². The van der Waals surface area contributed by atoms with Crippen LogP contribution in [0.1, 0.15) is 73.1 Å². The Hall–Kier alpha value is -0.0800. The summed E-state index contributed by atoms with van der Waals surface area (Å²) in [7, 11) is 0. The Morgan fingerprint density at radius 3 is 2.14 bits per heavy atom. The molecule has 0 bridgehead atoms. The third-order valence-electron chi connectivity index (χ3n) is 7.61. The van der Waals surface area contributed by atoms with Crippen LogP contribution in [0.25, 0.3) is 0 Å². The molecule has 1 heterocycles. The maximum absolute atomic E-state index is 6.31. The van der Waals surface area contributed by atoms with Gasteiger partial charge in [0.2, 0.25) is 0 Å². The summed E-state index contributed by atoms with van der Waals surface area (Å²) in [6.45, 7) is 16.0. The largest absolute Gasteiger partial charge is 0.327 e. The van der Waals surface area contributed by atoms with Crippen molar-refractivity contribution in [3.8, 4) is 0 Å². The highest BCUT2D eigenvalue weighted by Crippen LogP contribution is 2.45. The molecule has 0 amide bonds. The zero-order chi connectivity index (χ0) is 15.7. The van der Waals surface area contributed by atoms with Crippen LogP contribution in [0.3, 0.4) is 0 Å². The maximum atomic E-state index is 6.31. The number of hydrogen-bond acceptors (Lipinski definition) is 2. The predicted octanol–water partition coefficient (Wildman–Crippen LogP) is 4.29. The normalized spacial score (nSPS) is 36.6. The van der Waals surface area contributed by atoms with Crippen LogP contribution in [-0.4, -0.2) is 30.6 Å². The van der Waals surface area contributed by atoms with E-state index < -0.39 is 0 Å². The zero-order valence-electron chi connectivity index (χ0n) is 15.1. The van der Waals surface area contributed by atoms with Crippen LogP contribution in [0.5, 0.6) is 0 Å². The molecule has 2 nitrogen and oxygen atoms in total. The Balaban J connectivity index is 1.91. The van der Waals surface area contributed by atoms with Crippen molar-refractivity contribution in [2.45, 2.75) is 79.2 Å². The van der Waals surface area contributed by atoms with E-state index in [2.05, 4.69) is 39.5 Å². The number of nitrogens with two attached hydrogens (primary N) is 1. The predicted molar refractivity (Wildman–Crippen MR) is 92.3 cm³/mol. The summed E-state index contributed by atoms with van der Waals surface area (Å²) in [6.07, 6.45) is 8.07. The van der Waals surface area contributed by atoms with Crippen molar-refractivity contribution in [3.63, 3.8) is 0 Å². The van der Waals surface area contributed by atoms with Gasteiger partial charge in [-0.15, -0.1) is 0 Å². The Morgan fingerprint density at radius 1 is 1.05 bits per heavy atom. The summed E-state index contributed by atoms with van der Waals surface area (Å²) in [4.78, 5) is 2.75. The fraction of sp³-hybridized carbons (Fsp3) is 1.00. The molecule has 2 rings (SSSR count). The highest BCUT2D eigenvalue weighted by molar-refractivity contribution is 4.95. The molecule has 21 heavy (non-hydrogen) atoms. The van der Waals surface area contributed by atoms with E-state index in [1.54, 1.807) is 0 Å². The first-order valence-electron chi connectivity index (χ1n) is 9.32. The van der Waals surface area contributed by atoms with Gasteiger partial charge in [0, 0.05) is 12.6 Å². The van der Waals surface area contributed by atoms with Gasteiger partial charge in [0.25, 0.3) is 0 Å². The van der Waals surface area contributed by atoms with E-state index >= 15 is 0 Å². The summed E-state index contributed by atoms with van der Waals surface area (Å²) < 4.78 is 0. The smallest absolute Gasteiger partial charge is 0.00698 e. The molecule has 0 aromatic heterocycles. The van der Waals surface area contributed by atoms with Crippen molar-refractivity contribution in [3.05, 3.63) is 0 Å². The van der Waals surface area contributed by atoms with Crippen LogP contribution in [0.2, 0.25) is 0 Å². The van der Waals surface area contributed by atoms with Crippen LogP contribution in [0.15, 0.2) is 0 Å². The number of rotatable bonds is 4. The molecule has 1 saturated heterocycles. The van der Waals surface area contributed by atoms with Crippen LogP contribution in [0, 0.1) is 22.7 Å². The van der Waals surface area contributed by atoms with Gasteiger partial charge in [0.15, 0.2) is 0 Å². The molecule has 0 spiro atoms. The molecule has 2 N–H and O–H groups in total. The molecule has 2 aliphatic rings. The second-order valence-electron chi connectivity index (χ2n) is 8.56. The van der Waals surface area contributed by atoms with Crippen molar-refractivity contribution in [1.82, 2.24) is 4.90 Å². The van der Waals surface area contributed by atoms with Crippen molar-refractivity contribution in [2.24, 2.45) is 28.4 Å². The SMILES string of the molecule is CCC1(CC)CCN(CC2CCC(N)C(C)C2(C)C)CC1. The minimum Gasteiger partial charge on any atom is -0.327 e. The molecule has 0 aromatic carbocycles. The Labute approximate surface area is 132 Å².